The van der Waals surface area contributed by atoms with Gasteiger partial charge >= 0.3 is 0 Å². The van der Waals surface area contributed by atoms with Gasteiger partial charge in [0, 0.05) is 26.2 Å². The third-order valence-electron chi connectivity index (χ3n) is 4.48. The molecule has 0 aliphatic carbocycles. The van der Waals surface area contributed by atoms with Gasteiger partial charge in [-0.3, -0.25) is 0 Å². The molecule has 2 fully saturated rings. The molecule has 17 heavy (non-hydrogen) atoms. The first-order valence-corrected chi connectivity index (χ1v) is 7.42. The summed E-state index contributed by atoms with van der Waals surface area (Å²) in [4.78, 5) is 5.16. The number of likely N-dealkylation sites (tertiary alicyclic amines) is 2. The molecule has 2 rings (SSSR count). The van der Waals surface area contributed by atoms with E-state index in [4.69, 9.17) is 0 Å². The van der Waals surface area contributed by atoms with E-state index in [1.54, 1.807) is 0 Å². The van der Waals surface area contributed by atoms with E-state index in [1.165, 1.54) is 45.4 Å². The van der Waals surface area contributed by atoms with Crippen LogP contribution in [0.4, 0.5) is 0 Å². The van der Waals surface area contributed by atoms with Crippen molar-refractivity contribution in [3.05, 3.63) is 0 Å². The third kappa shape index (κ3) is 3.94. The normalized spacial score (nSPS) is 32.8. The molecule has 2 unspecified atom stereocenters. The van der Waals surface area contributed by atoms with Gasteiger partial charge in [-0.05, 0) is 44.7 Å². The molecule has 3 heteroatoms. The zero-order chi connectivity index (χ0) is 12.1. The molecule has 0 saturated carbocycles. The molecule has 0 radical (unpaired) electrons. The van der Waals surface area contributed by atoms with Crippen LogP contribution >= 0.6 is 0 Å². The Kier molecular flexibility index (Phi) is 5.26. The number of hydrogen-bond donors (Lipinski definition) is 1. The van der Waals surface area contributed by atoms with Gasteiger partial charge in [0.1, 0.15) is 0 Å². The van der Waals surface area contributed by atoms with Crippen LogP contribution < -0.4 is 0 Å². The third-order valence-corrected chi connectivity index (χ3v) is 4.48. The van der Waals surface area contributed by atoms with Crippen LogP contribution in [0.3, 0.4) is 0 Å². The minimum absolute atomic E-state index is 0.0498. The first kappa shape index (κ1) is 13.3. The summed E-state index contributed by atoms with van der Waals surface area (Å²) in [6.45, 7) is 9.41. The number of aliphatic hydroxyl groups is 1. The monoisotopic (exact) mass is 240 g/mol. The maximum atomic E-state index is 9.87. The SMILES string of the molecule is CCC1CN(CCN2CCCCC2)CCC1O. The standard InChI is InChI=1S/C14H28N2O/c1-2-13-12-16(9-6-14(13)17)11-10-15-7-4-3-5-8-15/h13-14,17H,2-12H2,1H3. The largest absolute Gasteiger partial charge is 0.393 e. The topological polar surface area (TPSA) is 26.7 Å². The zero-order valence-corrected chi connectivity index (χ0v) is 11.3. The predicted octanol–water partition coefficient (Wildman–Crippen LogP) is 1.57. The van der Waals surface area contributed by atoms with Gasteiger partial charge in [-0.1, -0.05) is 13.3 Å². The van der Waals surface area contributed by atoms with Gasteiger partial charge in [0.2, 0.25) is 0 Å². The molecule has 0 aromatic heterocycles. The summed E-state index contributed by atoms with van der Waals surface area (Å²) in [7, 11) is 0. The highest BCUT2D eigenvalue weighted by Crippen LogP contribution is 2.20. The van der Waals surface area contributed by atoms with Crippen LogP contribution in [0.1, 0.15) is 39.0 Å². The van der Waals surface area contributed by atoms with Crippen LogP contribution in [-0.4, -0.2) is 60.3 Å². The Morgan fingerprint density at radius 1 is 1.00 bits per heavy atom. The molecule has 1 N–H and O–H groups in total. The lowest BCUT2D eigenvalue weighted by molar-refractivity contribution is 0.0212. The van der Waals surface area contributed by atoms with E-state index in [-0.39, 0.29) is 6.10 Å². The lowest BCUT2D eigenvalue weighted by Crippen LogP contribution is -2.46. The summed E-state index contributed by atoms with van der Waals surface area (Å²) in [5.41, 5.74) is 0. The fourth-order valence-electron chi connectivity index (χ4n) is 3.17. The molecule has 100 valence electrons. The lowest BCUT2D eigenvalue weighted by Gasteiger charge is -2.37. The molecule has 0 aromatic carbocycles. The van der Waals surface area contributed by atoms with Gasteiger partial charge in [-0.25, -0.2) is 0 Å². The van der Waals surface area contributed by atoms with Gasteiger partial charge in [-0.15, -0.1) is 0 Å². The van der Waals surface area contributed by atoms with E-state index in [9.17, 15) is 5.11 Å². The van der Waals surface area contributed by atoms with E-state index in [1.807, 2.05) is 0 Å². The second-order valence-electron chi connectivity index (χ2n) is 5.73. The summed E-state index contributed by atoms with van der Waals surface area (Å²) in [6, 6.07) is 0. The second kappa shape index (κ2) is 6.72. The van der Waals surface area contributed by atoms with Gasteiger partial charge in [0.15, 0.2) is 0 Å². The first-order valence-electron chi connectivity index (χ1n) is 7.42. The van der Waals surface area contributed by atoms with Gasteiger partial charge in [-0.2, -0.15) is 0 Å². The summed E-state index contributed by atoms with van der Waals surface area (Å²) in [6.07, 6.45) is 6.22. The van der Waals surface area contributed by atoms with Crippen molar-refractivity contribution in [2.45, 2.75) is 45.1 Å². The maximum absolute atomic E-state index is 9.87. The van der Waals surface area contributed by atoms with Crippen LogP contribution in [0, 0.1) is 5.92 Å². The Labute approximate surface area is 106 Å². The number of nitrogens with zero attached hydrogens (tertiary/aromatic N) is 2. The van der Waals surface area contributed by atoms with Crippen LogP contribution in [0.15, 0.2) is 0 Å². The van der Waals surface area contributed by atoms with Crippen LogP contribution in [0.2, 0.25) is 0 Å². The molecular formula is C14H28N2O. The Morgan fingerprint density at radius 3 is 2.41 bits per heavy atom. The average Bonchev–Trinajstić information content (AvgIpc) is 2.39. The molecule has 2 saturated heterocycles. The Bertz CT molecular complexity index is 216. The van der Waals surface area contributed by atoms with E-state index in [0.717, 1.165) is 25.9 Å². The Hall–Kier alpha value is -0.120. The molecule has 2 atom stereocenters. The molecule has 2 heterocycles. The molecular weight excluding hydrogens is 212 g/mol. The van der Waals surface area contributed by atoms with E-state index >= 15 is 0 Å². The van der Waals surface area contributed by atoms with E-state index in [0.29, 0.717) is 5.92 Å². The van der Waals surface area contributed by atoms with Crippen LogP contribution in [0.5, 0.6) is 0 Å². The van der Waals surface area contributed by atoms with Crippen LogP contribution in [-0.2, 0) is 0 Å². The summed E-state index contributed by atoms with van der Waals surface area (Å²) < 4.78 is 0. The first-order chi connectivity index (χ1) is 8.29. The summed E-state index contributed by atoms with van der Waals surface area (Å²) >= 11 is 0. The van der Waals surface area contributed by atoms with Gasteiger partial charge in [0.05, 0.1) is 6.10 Å². The van der Waals surface area contributed by atoms with Crippen molar-refractivity contribution in [2.24, 2.45) is 5.92 Å². The van der Waals surface area contributed by atoms with Crippen molar-refractivity contribution in [3.8, 4) is 0 Å². The number of aliphatic hydroxyl groups excluding tert-OH is 1. The maximum Gasteiger partial charge on any atom is 0.0592 e. The summed E-state index contributed by atoms with van der Waals surface area (Å²) in [5, 5.41) is 9.87. The van der Waals surface area contributed by atoms with E-state index in [2.05, 4.69) is 16.7 Å². The Balaban J connectivity index is 1.68. The van der Waals surface area contributed by atoms with Crippen molar-refractivity contribution in [2.75, 3.05) is 39.3 Å². The molecule has 0 amide bonds. The zero-order valence-electron chi connectivity index (χ0n) is 11.3. The van der Waals surface area contributed by atoms with Gasteiger partial charge < -0.3 is 14.9 Å². The quantitative estimate of drug-likeness (QED) is 0.808. The highest BCUT2D eigenvalue weighted by molar-refractivity contribution is 4.80. The fraction of sp³-hybridized carbons (Fsp3) is 1.00. The molecule has 2 aliphatic heterocycles. The van der Waals surface area contributed by atoms with E-state index < -0.39 is 0 Å². The predicted molar refractivity (Wildman–Crippen MR) is 71.1 cm³/mol. The minimum atomic E-state index is -0.0498. The van der Waals surface area contributed by atoms with Crippen molar-refractivity contribution in [1.82, 2.24) is 9.80 Å². The molecule has 0 spiro atoms. The average molecular weight is 240 g/mol. The van der Waals surface area contributed by atoms with Gasteiger partial charge in [0.25, 0.3) is 0 Å². The smallest absolute Gasteiger partial charge is 0.0592 e. The van der Waals surface area contributed by atoms with Crippen molar-refractivity contribution in [1.29, 1.82) is 0 Å². The van der Waals surface area contributed by atoms with Crippen molar-refractivity contribution < 1.29 is 5.11 Å². The molecule has 0 aromatic rings. The highest BCUT2D eigenvalue weighted by atomic mass is 16.3. The molecule has 2 aliphatic rings. The van der Waals surface area contributed by atoms with Crippen LogP contribution in [0.25, 0.3) is 0 Å². The lowest BCUT2D eigenvalue weighted by atomic mass is 9.92. The molecule has 0 bridgehead atoms. The Morgan fingerprint density at radius 2 is 1.71 bits per heavy atom. The van der Waals surface area contributed by atoms with Crippen molar-refractivity contribution in [3.63, 3.8) is 0 Å². The fourth-order valence-corrected chi connectivity index (χ4v) is 3.17. The highest BCUT2D eigenvalue weighted by Gasteiger charge is 2.26. The second-order valence-corrected chi connectivity index (χ2v) is 5.73. The molecule has 3 nitrogen and oxygen atoms in total. The van der Waals surface area contributed by atoms with Crippen molar-refractivity contribution >= 4 is 0 Å². The minimum Gasteiger partial charge on any atom is -0.393 e. The number of piperidine rings is 2. The summed E-state index contributed by atoms with van der Waals surface area (Å²) in [5.74, 6) is 0.505. The number of rotatable bonds is 4. The number of hydrogen-bond acceptors (Lipinski definition) is 3.